The SMILES string of the molecule is ClCc1ccc(N2CCC(N3CCCCC3)C2)cc1. The maximum atomic E-state index is 5.84. The molecule has 2 fully saturated rings. The summed E-state index contributed by atoms with van der Waals surface area (Å²) in [5, 5.41) is 0. The molecule has 3 heteroatoms. The Kier molecular flexibility index (Phi) is 4.29. The number of hydrogen-bond donors (Lipinski definition) is 0. The summed E-state index contributed by atoms with van der Waals surface area (Å²) in [7, 11) is 0. The van der Waals surface area contributed by atoms with Crippen molar-refractivity contribution in [2.75, 3.05) is 31.1 Å². The van der Waals surface area contributed by atoms with E-state index >= 15 is 0 Å². The minimum atomic E-state index is 0.608. The Hall–Kier alpha value is -0.730. The average molecular weight is 279 g/mol. The van der Waals surface area contributed by atoms with E-state index in [1.165, 1.54) is 63.1 Å². The molecule has 104 valence electrons. The predicted molar refractivity (Wildman–Crippen MR) is 82.0 cm³/mol. The fraction of sp³-hybridized carbons (Fsp3) is 0.625. The fourth-order valence-corrected chi connectivity index (χ4v) is 3.53. The molecule has 1 atom stereocenters. The van der Waals surface area contributed by atoms with Gasteiger partial charge in [-0.15, -0.1) is 11.6 Å². The third kappa shape index (κ3) is 3.06. The summed E-state index contributed by atoms with van der Waals surface area (Å²) in [6.45, 7) is 5.01. The van der Waals surface area contributed by atoms with E-state index < -0.39 is 0 Å². The Bertz CT molecular complexity index is 398. The van der Waals surface area contributed by atoms with Gasteiger partial charge in [-0.1, -0.05) is 18.6 Å². The molecule has 1 unspecified atom stereocenters. The van der Waals surface area contributed by atoms with Gasteiger partial charge in [-0.3, -0.25) is 4.90 Å². The van der Waals surface area contributed by atoms with Crippen LogP contribution in [-0.4, -0.2) is 37.1 Å². The molecule has 2 nitrogen and oxygen atoms in total. The van der Waals surface area contributed by atoms with Crippen LogP contribution in [0.15, 0.2) is 24.3 Å². The molecular formula is C16H23ClN2. The monoisotopic (exact) mass is 278 g/mol. The van der Waals surface area contributed by atoms with E-state index in [0.717, 1.165) is 6.04 Å². The third-order valence-electron chi connectivity index (χ3n) is 4.53. The number of halogens is 1. The highest BCUT2D eigenvalue weighted by Crippen LogP contribution is 2.25. The van der Waals surface area contributed by atoms with Crippen LogP contribution in [0.3, 0.4) is 0 Å². The number of nitrogens with zero attached hydrogens (tertiary/aromatic N) is 2. The van der Waals surface area contributed by atoms with Crippen LogP contribution in [0, 0.1) is 0 Å². The van der Waals surface area contributed by atoms with Crippen LogP contribution < -0.4 is 4.90 Å². The normalized spacial score (nSPS) is 24.9. The van der Waals surface area contributed by atoms with Crippen LogP contribution in [0.4, 0.5) is 5.69 Å². The number of benzene rings is 1. The van der Waals surface area contributed by atoms with E-state index in [-0.39, 0.29) is 0 Å². The molecule has 1 aromatic carbocycles. The summed E-state index contributed by atoms with van der Waals surface area (Å²) >= 11 is 5.84. The molecule has 3 rings (SSSR count). The van der Waals surface area contributed by atoms with Crippen LogP contribution >= 0.6 is 11.6 Å². The van der Waals surface area contributed by atoms with E-state index in [0.29, 0.717) is 5.88 Å². The quantitative estimate of drug-likeness (QED) is 0.781. The highest BCUT2D eigenvalue weighted by Gasteiger charge is 2.28. The Morgan fingerprint density at radius 1 is 1.00 bits per heavy atom. The summed E-state index contributed by atoms with van der Waals surface area (Å²) < 4.78 is 0. The second-order valence-electron chi connectivity index (χ2n) is 5.79. The molecule has 0 aliphatic carbocycles. The van der Waals surface area contributed by atoms with Crippen molar-refractivity contribution in [3.63, 3.8) is 0 Å². The van der Waals surface area contributed by atoms with Crippen LogP contribution in [0.2, 0.25) is 0 Å². The summed E-state index contributed by atoms with van der Waals surface area (Å²) in [6, 6.07) is 9.51. The van der Waals surface area contributed by atoms with Gasteiger partial charge in [-0.25, -0.2) is 0 Å². The second kappa shape index (κ2) is 6.15. The zero-order valence-corrected chi connectivity index (χ0v) is 12.3. The first-order valence-corrected chi connectivity index (χ1v) is 8.04. The lowest BCUT2D eigenvalue weighted by atomic mass is 10.1. The fourth-order valence-electron chi connectivity index (χ4n) is 3.35. The minimum absolute atomic E-state index is 0.608. The van der Waals surface area contributed by atoms with Crippen molar-refractivity contribution >= 4 is 17.3 Å². The Morgan fingerprint density at radius 2 is 1.74 bits per heavy atom. The first-order chi connectivity index (χ1) is 9.36. The van der Waals surface area contributed by atoms with Crippen molar-refractivity contribution in [1.82, 2.24) is 4.90 Å². The van der Waals surface area contributed by atoms with E-state index in [4.69, 9.17) is 11.6 Å². The van der Waals surface area contributed by atoms with Gasteiger partial charge >= 0.3 is 0 Å². The second-order valence-corrected chi connectivity index (χ2v) is 6.05. The number of alkyl halides is 1. The molecular weight excluding hydrogens is 256 g/mol. The average Bonchev–Trinajstić information content (AvgIpc) is 2.98. The van der Waals surface area contributed by atoms with Crippen LogP contribution in [0.5, 0.6) is 0 Å². The molecule has 0 aromatic heterocycles. The molecule has 2 heterocycles. The number of hydrogen-bond acceptors (Lipinski definition) is 2. The van der Waals surface area contributed by atoms with Gasteiger partial charge in [0.1, 0.15) is 0 Å². The van der Waals surface area contributed by atoms with E-state index in [9.17, 15) is 0 Å². The smallest absolute Gasteiger partial charge is 0.0474 e. The van der Waals surface area contributed by atoms with Gasteiger partial charge in [0, 0.05) is 30.7 Å². The maximum Gasteiger partial charge on any atom is 0.0474 e. The summed E-state index contributed by atoms with van der Waals surface area (Å²) in [5.41, 5.74) is 2.56. The molecule has 0 spiro atoms. The lowest BCUT2D eigenvalue weighted by Crippen LogP contribution is -2.40. The Labute approximate surface area is 121 Å². The number of rotatable bonds is 3. The largest absolute Gasteiger partial charge is 0.370 e. The van der Waals surface area contributed by atoms with Gasteiger partial charge in [-0.2, -0.15) is 0 Å². The minimum Gasteiger partial charge on any atom is -0.370 e. The van der Waals surface area contributed by atoms with Crippen molar-refractivity contribution in [3.05, 3.63) is 29.8 Å². The molecule has 19 heavy (non-hydrogen) atoms. The third-order valence-corrected chi connectivity index (χ3v) is 4.83. The standard InChI is InChI=1S/C16H23ClN2/c17-12-14-4-6-15(7-5-14)19-11-8-16(13-19)18-9-2-1-3-10-18/h4-7,16H,1-3,8-13H2. The lowest BCUT2D eigenvalue weighted by Gasteiger charge is -2.32. The molecule has 1 aromatic rings. The Morgan fingerprint density at radius 3 is 2.42 bits per heavy atom. The molecule has 0 amide bonds. The first-order valence-electron chi connectivity index (χ1n) is 7.51. The molecule has 2 aliphatic rings. The molecule has 2 saturated heterocycles. The van der Waals surface area contributed by atoms with Crippen molar-refractivity contribution in [2.45, 2.75) is 37.6 Å². The van der Waals surface area contributed by atoms with E-state index in [1.807, 2.05) is 0 Å². The van der Waals surface area contributed by atoms with Crippen LogP contribution in [-0.2, 0) is 5.88 Å². The first kappa shape index (κ1) is 13.3. The van der Waals surface area contributed by atoms with Gasteiger partial charge in [0.15, 0.2) is 0 Å². The number of likely N-dealkylation sites (tertiary alicyclic amines) is 1. The van der Waals surface area contributed by atoms with Gasteiger partial charge in [0.2, 0.25) is 0 Å². The maximum absolute atomic E-state index is 5.84. The highest BCUT2D eigenvalue weighted by atomic mass is 35.5. The lowest BCUT2D eigenvalue weighted by molar-refractivity contribution is 0.175. The van der Waals surface area contributed by atoms with Gasteiger partial charge in [-0.05, 0) is 50.0 Å². The highest BCUT2D eigenvalue weighted by molar-refractivity contribution is 6.17. The van der Waals surface area contributed by atoms with Gasteiger partial charge in [0.05, 0.1) is 0 Å². The zero-order chi connectivity index (χ0) is 13.1. The molecule has 0 bridgehead atoms. The Balaban J connectivity index is 1.61. The molecule has 0 N–H and O–H groups in total. The molecule has 0 saturated carbocycles. The molecule has 2 aliphatic heterocycles. The van der Waals surface area contributed by atoms with Crippen molar-refractivity contribution < 1.29 is 0 Å². The molecule has 0 radical (unpaired) electrons. The topological polar surface area (TPSA) is 6.48 Å². The van der Waals surface area contributed by atoms with Crippen LogP contribution in [0.25, 0.3) is 0 Å². The van der Waals surface area contributed by atoms with Crippen LogP contribution in [0.1, 0.15) is 31.2 Å². The van der Waals surface area contributed by atoms with Gasteiger partial charge in [0.25, 0.3) is 0 Å². The van der Waals surface area contributed by atoms with Crippen molar-refractivity contribution in [2.24, 2.45) is 0 Å². The predicted octanol–water partition coefficient (Wildman–Crippen LogP) is 3.49. The van der Waals surface area contributed by atoms with Crippen molar-refractivity contribution in [1.29, 1.82) is 0 Å². The zero-order valence-electron chi connectivity index (χ0n) is 11.5. The summed E-state index contributed by atoms with van der Waals surface area (Å²) in [5.74, 6) is 0.608. The van der Waals surface area contributed by atoms with Crippen molar-refractivity contribution in [3.8, 4) is 0 Å². The number of anilines is 1. The van der Waals surface area contributed by atoms with Gasteiger partial charge < -0.3 is 4.90 Å². The van der Waals surface area contributed by atoms with E-state index in [1.54, 1.807) is 0 Å². The summed E-state index contributed by atoms with van der Waals surface area (Å²) in [4.78, 5) is 5.23. The number of piperidine rings is 1. The van der Waals surface area contributed by atoms with E-state index in [2.05, 4.69) is 34.1 Å². The summed E-state index contributed by atoms with van der Waals surface area (Å²) in [6.07, 6.45) is 5.52.